The Morgan fingerprint density at radius 3 is 2.50 bits per heavy atom. The third-order valence-corrected chi connectivity index (χ3v) is 4.40. The minimum absolute atomic E-state index is 0.214. The number of nitrogens with zero attached hydrogens (tertiary/aromatic N) is 2. The number of aromatic amines is 1. The van der Waals surface area contributed by atoms with Gasteiger partial charge in [0.25, 0.3) is 0 Å². The molecule has 1 aromatic heterocycles. The van der Waals surface area contributed by atoms with Crippen molar-refractivity contribution in [1.29, 1.82) is 5.26 Å². The van der Waals surface area contributed by atoms with Crippen LogP contribution in [0.25, 0.3) is 16.9 Å². The van der Waals surface area contributed by atoms with E-state index in [1.165, 1.54) is 7.11 Å². The lowest BCUT2D eigenvalue weighted by Crippen LogP contribution is -2.02. The molecular formula is C20H17N3O2S. The highest BCUT2D eigenvalue weighted by Gasteiger charge is 2.06. The van der Waals surface area contributed by atoms with Crippen molar-refractivity contribution < 1.29 is 9.53 Å². The van der Waals surface area contributed by atoms with Crippen LogP contribution in [0.2, 0.25) is 0 Å². The van der Waals surface area contributed by atoms with Gasteiger partial charge in [-0.15, -0.1) is 0 Å². The molecule has 0 amide bonds. The molecule has 2 aromatic carbocycles. The Kier molecular flexibility index (Phi) is 5.30. The molecule has 6 heteroatoms. The Bertz CT molecular complexity index is 1010. The molecule has 0 spiro atoms. The van der Waals surface area contributed by atoms with Crippen LogP contribution in [0.15, 0.2) is 54.7 Å². The summed E-state index contributed by atoms with van der Waals surface area (Å²) in [6, 6.07) is 17.3. The molecule has 0 atom stereocenters. The molecule has 0 aliphatic rings. The van der Waals surface area contributed by atoms with Gasteiger partial charge in [0.2, 0.25) is 0 Å². The number of methoxy groups -OCH3 is 1. The molecular weight excluding hydrogens is 346 g/mol. The lowest BCUT2D eigenvalue weighted by atomic mass is 10.1. The smallest absolute Gasteiger partial charge is 0.305 e. The minimum Gasteiger partial charge on any atom is -0.469 e. The molecule has 1 N–H and O–H groups in total. The van der Waals surface area contributed by atoms with Gasteiger partial charge in [0.1, 0.15) is 0 Å². The zero-order valence-electron chi connectivity index (χ0n) is 14.2. The number of carbonyl (C=O) groups is 1. The number of rotatable bonds is 5. The fourth-order valence-corrected chi connectivity index (χ4v) is 2.90. The average Bonchev–Trinajstić information content (AvgIpc) is 3.08. The van der Waals surface area contributed by atoms with Crippen LogP contribution >= 0.6 is 12.2 Å². The maximum Gasteiger partial charge on any atom is 0.305 e. The zero-order valence-corrected chi connectivity index (χ0v) is 15.0. The van der Waals surface area contributed by atoms with Crippen LogP contribution in [0, 0.1) is 16.1 Å². The predicted molar refractivity (Wildman–Crippen MR) is 101 cm³/mol. The third-order valence-electron chi connectivity index (χ3n) is 4.10. The van der Waals surface area contributed by atoms with E-state index in [0.717, 1.165) is 22.5 Å². The van der Waals surface area contributed by atoms with Crippen molar-refractivity contribution in [1.82, 2.24) is 9.55 Å². The van der Waals surface area contributed by atoms with E-state index in [0.29, 0.717) is 23.2 Å². The molecule has 0 bridgehead atoms. The van der Waals surface area contributed by atoms with Gasteiger partial charge in [0.15, 0.2) is 4.77 Å². The lowest BCUT2D eigenvalue weighted by Gasteiger charge is -2.05. The number of nitrogens with one attached hydrogen (secondary N) is 1. The van der Waals surface area contributed by atoms with E-state index >= 15 is 0 Å². The number of carbonyl (C=O) groups excluding carboxylic acids is 1. The Morgan fingerprint density at radius 1 is 1.19 bits per heavy atom. The average molecular weight is 363 g/mol. The van der Waals surface area contributed by atoms with E-state index in [1.807, 2.05) is 47.2 Å². The molecule has 0 saturated carbocycles. The lowest BCUT2D eigenvalue weighted by molar-refractivity contribution is -0.140. The number of imidazole rings is 1. The molecule has 5 nitrogen and oxygen atoms in total. The molecule has 0 aliphatic heterocycles. The predicted octanol–water partition coefficient (Wildman–Crippen LogP) is 4.18. The van der Waals surface area contributed by atoms with Crippen molar-refractivity contribution in [3.05, 3.63) is 70.6 Å². The first-order valence-corrected chi connectivity index (χ1v) is 8.50. The van der Waals surface area contributed by atoms with Gasteiger partial charge in [-0.2, -0.15) is 5.26 Å². The Labute approximate surface area is 156 Å². The number of ether oxygens (including phenoxy) is 1. The summed E-state index contributed by atoms with van der Waals surface area (Å²) in [7, 11) is 1.39. The molecule has 3 aromatic rings. The number of H-pyrrole nitrogens is 1. The minimum atomic E-state index is -0.214. The Morgan fingerprint density at radius 2 is 1.88 bits per heavy atom. The van der Waals surface area contributed by atoms with Crippen LogP contribution in [0.3, 0.4) is 0 Å². The van der Waals surface area contributed by atoms with Crippen molar-refractivity contribution in [3.8, 4) is 23.0 Å². The fraction of sp³-hybridized carbons (Fsp3) is 0.150. The largest absolute Gasteiger partial charge is 0.469 e. The molecule has 0 aliphatic carbocycles. The monoisotopic (exact) mass is 363 g/mol. The van der Waals surface area contributed by atoms with E-state index in [2.05, 4.69) is 15.8 Å². The standard InChI is InChI=1S/C20H17N3O2S/c1-25-19(24)11-6-14-4-9-17(10-5-14)23-13-18(22-20(23)26)16-7-2-15(12-21)3-8-16/h2-5,7-10,13H,6,11H2,1H3,(H,22,26). The van der Waals surface area contributed by atoms with Gasteiger partial charge in [-0.1, -0.05) is 24.3 Å². The first kappa shape index (κ1) is 17.6. The Hall–Kier alpha value is -3.17. The van der Waals surface area contributed by atoms with Gasteiger partial charge >= 0.3 is 5.97 Å². The summed E-state index contributed by atoms with van der Waals surface area (Å²) < 4.78 is 7.15. The fourth-order valence-electron chi connectivity index (χ4n) is 2.63. The van der Waals surface area contributed by atoms with Crippen molar-refractivity contribution in [2.24, 2.45) is 0 Å². The molecule has 3 rings (SSSR count). The van der Waals surface area contributed by atoms with E-state index < -0.39 is 0 Å². The highest BCUT2D eigenvalue weighted by molar-refractivity contribution is 7.71. The molecule has 0 radical (unpaired) electrons. The molecule has 0 unspecified atom stereocenters. The number of nitriles is 1. The van der Waals surface area contributed by atoms with Gasteiger partial charge in [0.05, 0.1) is 24.4 Å². The SMILES string of the molecule is COC(=O)CCc1ccc(-n2cc(-c3ccc(C#N)cc3)[nH]c2=S)cc1. The van der Waals surface area contributed by atoms with E-state index in [4.69, 9.17) is 17.5 Å². The summed E-state index contributed by atoms with van der Waals surface area (Å²) in [6.45, 7) is 0. The van der Waals surface area contributed by atoms with Crippen molar-refractivity contribution in [2.75, 3.05) is 7.11 Å². The quantitative estimate of drug-likeness (QED) is 0.545. The van der Waals surface area contributed by atoms with E-state index in [-0.39, 0.29) is 5.97 Å². The van der Waals surface area contributed by atoms with Crippen LogP contribution in [0.4, 0.5) is 0 Å². The summed E-state index contributed by atoms with van der Waals surface area (Å²) in [5.74, 6) is -0.214. The zero-order chi connectivity index (χ0) is 18.5. The summed E-state index contributed by atoms with van der Waals surface area (Å²) in [5.41, 5.74) is 4.47. The van der Waals surface area contributed by atoms with Crippen LogP contribution in [0.5, 0.6) is 0 Å². The molecule has 0 fully saturated rings. The number of aryl methyl sites for hydroxylation is 1. The third kappa shape index (κ3) is 3.90. The van der Waals surface area contributed by atoms with E-state index in [1.54, 1.807) is 12.1 Å². The van der Waals surface area contributed by atoms with E-state index in [9.17, 15) is 4.79 Å². The van der Waals surface area contributed by atoms with Gasteiger partial charge in [-0.05, 0) is 54.0 Å². The number of hydrogen-bond donors (Lipinski definition) is 1. The van der Waals surface area contributed by atoms with Crippen molar-refractivity contribution >= 4 is 18.2 Å². The molecule has 1 heterocycles. The molecule has 26 heavy (non-hydrogen) atoms. The first-order valence-electron chi connectivity index (χ1n) is 8.09. The summed E-state index contributed by atoms with van der Waals surface area (Å²) in [5, 5.41) is 8.90. The van der Waals surface area contributed by atoms with Gasteiger partial charge < -0.3 is 9.72 Å². The summed E-state index contributed by atoms with van der Waals surface area (Å²) >= 11 is 5.43. The van der Waals surface area contributed by atoms with Crippen molar-refractivity contribution in [2.45, 2.75) is 12.8 Å². The van der Waals surface area contributed by atoms with Gasteiger partial charge in [-0.3, -0.25) is 9.36 Å². The van der Waals surface area contributed by atoms with Crippen LogP contribution < -0.4 is 0 Å². The second-order valence-corrected chi connectivity index (χ2v) is 6.16. The van der Waals surface area contributed by atoms with Gasteiger partial charge in [0, 0.05) is 18.3 Å². The maximum atomic E-state index is 11.2. The summed E-state index contributed by atoms with van der Waals surface area (Å²) in [6.07, 6.45) is 2.94. The topological polar surface area (TPSA) is 70.8 Å². The number of hydrogen-bond acceptors (Lipinski definition) is 4. The Balaban J connectivity index is 1.81. The van der Waals surface area contributed by atoms with Crippen LogP contribution in [0.1, 0.15) is 17.5 Å². The number of aromatic nitrogens is 2. The highest BCUT2D eigenvalue weighted by atomic mass is 32.1. The van der Waals surface area contributed by atoms with Crippen LogP contribution in [-0.4, -0.2) is 22.6 Å². The number of esters is 1. The maximum absolute atomic E-state index is 11.2. The normalized spacial score (nSPS) is 10.3. The molecule has 0 saturated heterocycles. The molecule has 130 valence electrons. The van der Waals surface area contributed by atoms with Crippen LogP contribution in [-0.2, 0) is 16.0 Å². The van der Waals surface area contributed by atoms with Crippen molar-refractivity contribution in [3.63, 3.8) is 0 Å². The number of benzene rings is 2. The second kappa shape index (κ2) is 7.81. The summed E-state index contributed by atoms with van der Waals surface area (Å²) in [4.78, 5) is 14.4. The second-order valence-electron chi connectivity index (χ2n) is 5.77. The van der Waals surface area contributed by atoms with Gasteiger partial charge in [-0.25, -0.2) is 0 Å². The first-order chi connectivity index (χ1) is 12.6. The highest BCUT2D eigenvalue weighted by Crippen LogP contribution is 2.21.